The maximum atomic E-state index is 6.11. The Balaban J connectivity index is 2.91. The number of aryl methyl sites for hydroxylation is 1. The van der Waals surface area contributed by atoms with Gasteiger partial charge in [0.2, 0.25) is 11.8 Å². The molecule has 96 valence electrons. The average molecular weight is 258 g/mol. The molecule has 4 nitrogen and oxygen atoms in total. The van der Waals surface area contributed by atoms with E-state index in [1.54, 1.807) is 0 Å². The van der Waals surface area contributed by atoms with Gasteiger partial charge in [-0.05, 0) is 34.6 Å². The molecule has 0 saturated carbocycles. The van der Waals surface area contributed by atoms with Crippen LogP contribution in [0.15, 0.2) is 6.07 Å². The van der Waals surface area contributed by atoms with Crippen LogP contribution in [0.3, 0.4) is 0 Å². The molecule has 0 fully saturated rings. The highest BCUT2D eigenvalue weighted by molar-refractivity contribution is 6.21. The zero-order valence-electron chi connectivity index (χ0n) is 11.0. The highest BCUT2D eigenvalue weighted by atomic mass is 35.5. The first-order chi connectivity index (χ1) is 7.85. The topological polar surface area (TPSA) is 47.0 Å². The molecule has 1 aromatic rings. The fourth-order valence-electron chi connectivity index (χ4n) is 1.20. The molecule has 0 aliphatic heterocycles. The van der Waals surface area contributed by atoms with Gasteiger partial charge in [-0.2, -0.15) is 4.98 Å². The number of hydrogen-bond acceptors (Lipinski definition) is 4. The van der Waals surface area contributed by atoms with Gasteiger partial charge in [0.1, 0.15) is 0 Å². The minimum Gasteiger partial charge on any atom is -0.478 e. The number of ether oxygens (including phenoxy) is 1. The van der Waals surface area contributed by atoms with Crippen molar-refractivity contribution >= 4 is 17.5 Å². The van der Waals surface area contributed by atoms with Crippen molar-refractivity contribution < 1.29 is 4.74 Å². The second kappa shape index (κ2) is 5.54. The molecule has 5 heteroatoms. The monoisotopic (exact) mass is 257 g/mol. The number of rotatable bonds is 5. The molecule has 0 spiro atoms. The Morgan fingerprint density at radius 1 is 1.47 bits per heavy atom. The molecule has 1 aromatic heterocycles. The lowest BCUT2D eigenvalue weighted by Crippen LogP contribution is -2.39. The number of halogens is 1. The van der Waals surface area contributed by atoms with E-state index in [1.165, 1.54) is 0 Å². The highest BCUT2D eigenvalue weighted by Gasteiger charge is 2.25. The van der Waals surface area contributed by atoms with Crippen LogP contribution in [0, 0.1) is 6.92 Å². The molecule has 0 bridgehead atoms. The van der Waals surface area contributed by atoms with E-state index in [-0.39, 0.29) is 10.9 Å². The Morgan fingerprint density at radius 3 is 2.65 bits per heavy atom. The van der Waals surface area contributed by atoms with E-state index in [4.69, 9.17) is 16.3 Å². The summed E-state index contributed by atoms with van der Waals surface area (Å²) < 4.78 is 5.38. The number of aromatic nitrogens is 2. The second-order valence-electron chi connectivity index (χ2n) is 4.57. The van der Waals surface area contributed by atoms with Crippen LogP contribution in [-0.2, 0) is 0 Å². The van der Waals surface area contributed by atoms with Crippen LogP contribution < -0.4 is 10.1 Å². The van der Waals surface area contributed by atoms with Gasteiger partial charge in [0.15, 0.2) is 0 Å². The van der Waals surface area contributed by atoms with Crippen molar-refractivity contribution in [2.45, 2.75) is 45.5 Å². The molecule has 0 aliphatic rings. The van der Waals surface area contributed by atoms with Crippen molar-refractivity contribution in [3.63, 3.8) is 0 Å². The Bertz CT molecular complexity index is 380. The fraction of sp³-hybridized carbons (Fsp3) is 0.667. The lowest BCUT2D eigenvalue weighted by molar-refractivity contribution is 0.326. The van der Waals surface area contributed by atoms with E-state index in [2.05, 4.69) is 15.3 Å². The van der Waals surface area contributed by atoms with E-state index in [0.717, 1.165) is 5.69 Å². The molecule has 1 heterocycles. The van der Waals surface area contributed by atoms with Crippen LogP contribution in [0.1, 0.15) is 33.4 Å². The van der Waals surface area contributed by atoms with Crippen LogP contribution in [0.25, 0.3) is 0 Å². The normalized spacial score (nSPS) is 13.3. The van der Waals surface area contributed by atoms with Gasteiger partial charge in [-0.3, -0.25) is 0 Å². The van der Waals surface area contributed by atoms with Crippen molar-refractivity contribution in [3.8, 4) is 5.88 Å². The zero-order chi connectivity index (χ0) is 13.1. The fourth-order valence-corrected chi connectivity index (χ4v) is 1.26. The Morgan fingerprint density at radius 2 is 2.12 bits per heavy atom. The van der Waals surface area contributed by atoms with Gasteiger partial charge in [0.05, 0.1) is 17.5 Å². The summed E-state index contributed by atoms with van der Waals surface area (Å²) in [5, 5.41) is 3.18. The molecule has 0 aromatic carbocycles. The molecule has 0 radical (unpaired) electrons. The minimum absolute atomic E-state index is 0.0397. The number of nitrogens with zero attached hydrogens (tertiary/aromatic N) is 2. The third-order valence-corrected chi connectivity index (χ3v) is 3.10. The third-order valence-electron chi connectivity index (χ3n) is 2.55. The van der Waals surface area contributed by atoms with Crippen molar-refractivity contribution in [2.75, 3.05) is 11.9 Å². The highest BCUT2D eigenvalue weighted by Crippen LogP contribution is 2.21. The minimum atomic E-state index is -0.279. The SMILES string of the molecule is CCOc1cc(C)nc(NC(C)(C)C(C)Cl)n1. The predicted molar refractivity (Wildman–Crippen MR) is 71.0 cm³/mol. The summed E-state index contributed by atoms with van der Waals surface area (Å²) in [6, 6.07) is 1.81. The molecule has 0 aliphatic carbocycles. The molecule has 1 unspecified atom stereocenters. The van der Waals surface area contributed by atoms with Gasteiger partial charge in [-0.15, -0.1) is 11.6 Å². The van der Waals surface area contributed by atoms with Gasteiger partial charge in [0, 0.05) is 11.8 Å². The average Bonchev–Trinajstić information content (AvgIpc) is 2.15. The summed E-state index contributed by atoms with van der Waals surface area (Å²) in [6.07, 6.45) is 0. The molecular formula is C12H20ClN3O. The quantitative estimate of drug-likeness (QED) is 0.824. The number of nitrogens with one attached hydrogen (secondary N) is 1. The van der Waals surface area contributed by atoms with Crippen molar-refractivity contribution in [3.05, 3.63) is 11.8 Å². The third kappa shape index (κ3) is 4.04. The molecule has 17 heavy (non-hydrogen) atoms. The second-order valence-corrected chi connectivity index (χ2v) is 5.22. The Labute approximate surface area is 108 Å². The van der Waals surface area contributed by atoms with Crippen molar-refractivity contribution in [1.29, 1.82) is 0 Å². The Hall–Kier alpha value is -1.03. The zero-order valence-corrected chi connectivity index (χ0v) is 11.8. The van der Waals surface area contributed by atoms with Crippen LogP contribution in [0.2, 0.25) is 0 Å². The molecular weight excluding hydrogens is 238 g/mol. The molecule has 1 N–H and O–H groups in total. The van der Waals surface area contributed by atoms with Gasteiger partial charge >= 0.3 is 0 Å². The van der Waals surface area contributed by atoms with E-state index in [0.29, 0.717) is 18.4 Å². The summed E-state index contributed by atoms with van der Waals surface area (Å²) in [7, 11) is 0. The van der Waals surface area contributed by atoms with Crippen LogP contribution >= 0.6 is 11.6 Å². The first-order valence-electron chi connectivity index (χ1n) is 5.76. The summed E-state index contributed by atoms with van der Waals surface area (Å²) in [5.74, 6) is 1.13. The number of alkyl halides is 1. The molecule has 1 atom stereocenters. The summed E-state index contributed by atoms with van der Waals surface area (Å²) in [6.45, 7) is 10.4. The lowest BCUT2D eigenvalue weighted by Gasteiger charge is -2.29. The summed E-state index contributed by atoms with van der Waals surface area (Å²) in [5.41, 5.74) is 0.586. The molecule has 1 rings (SSSR count). The van der Waals surface area contributed by atoms with Crippen LogP contribution in [0.4, 0.5) is 5.95 Å². The Kier molecular flexibility index (Phi) is 4.57. The maximum Gasteiger partial charge on any atom is 0.226 e. The summed E-state index contributed by atoms with van der Waals surface area (Å²) in [4.78, 5) is 8.61. The summed E-state index contributed by atoms with van der Waals surface area (Å²) >= 11 is 6.11. The first kappa shape index (κ1) is 14.0. The molecule has 0 saturated heterocycles. The maximum absolute atomic E-state index is 6.11. The lowest BCUT2D eigenvalue weighted by atomic mass is 10.0. The van der Waals surface area contributed by atoms with E-state index in [1.807, 2.05) is 40.7 Å². The number of hydrogen-bond donors (Lipinski definition) is 1. The standard InChI is InChI=1S/C12H20ClN3O/c1-6-17-10-7-8(2)14-11(15-10)16-12(4,5)9(3)13/h7,9H,6H2,1-5H3,(H,14,15,16). The predicted octanol–water partition coefficient (Wildman–Crippen LogP) is 3.00. The van der Waals surface area contributed by atoms with E-state index >= 15 is 0 Å². The largest absolute Gasteiger partial charge is 0.478 e. The van der Waals surface area contributed by atoms with Crippen LogP contribution in [-0.4, -0.2) is 27.5 Å². The van der Waals surface area contributed by atoms with E-state index < -0.39 is 0 Å². The smallest absolute Gasteiger partial charge is 0.226 e. The van der Waals surface area contributed by atoms with Crippen molar-refractivity contribution in [2.24, 2.45) is 0 Å². The van der Waals surface area contributed by atoms with Gasteiger partial charge < -0.3 is 10.1 Å². The first-order valence-corrected chi connectivity index (χ1v) is 6.19. The molecule has 0 amide bonds. The van der Waals surface area contributed by atoms with E-state index in [9.17, 15) is 0 Å². The van der Waals surface area contributed by atoms with Crippen molar-refractivity contribution in [1.82, 2.24) is 9.97 Å². The van der Waals surface area contributed by atoms with Crippen LogP contribution in [0.5, 0.6) is 5.88 Å². The van der Waals surface area contributed by atoms with Gasteiger partial charge in [-0.1, -0.05) is 0 Å². The van der Waals surface area contributed by atoms with Gasteiger partial charge in [-0.25, -0.2) is 4.98 Å². The van der Waals surface area contributed by atoms with Gasteiger partial charge in [0.25, 0.3) is 0 Å². The number of anilines is 1.